The molecule has 1 amide bonds. The summed E-state index contributed by atoms with van der Waals surface area (Å²) < 4.78 is 5.47. The van der Waals surface area contributed by atoms with Gasteiger partial charge in [0.2, 0.25) is 0 Å². The zero-order chi connectivity index (χ0) is 15.0. The Bertz CT molecular complexity index is 395. The van der Waals surface area contributed by atoms with Gasteiger partial charge in [0.15, 0.2) is 0 Å². The van der Waals surface area contributed by atoms with Crippen LogP contribution >= 0.6 is 0 Å². The van der Waals surface area contributed by atoms with E-state index >= 15 is 0 Å². The van der Waals surface area contributed by atoms with Crippen LogP contribution in [0.4, 0.5) is 4.79 Å². The first kappa shape index (κ1) is 15.1. The highest BCUT2D eigenvalue weighted by molar-refractivity contribution is 5.71. The molecule has 1 unspecified atom stereocenters. The largest absolute Gasteiger partial charge is 0.481 e. The summed E-state index contributed by atoms with van der Waals surface area (Å²) in [6, 6.07) is 0.0298. The van der Waals surface area contributed by atoms with Gasteiger partial charge in [0.1, 0.15) is 5.60 Å². The quantitative estimate of drug-likeness (QED) is 0.864. The lowest BCUT2D eigenvalue weighted by Gasteiger charge is -2.41. The highest BCUT2D eigenvalue weighted by Gasteiger charge is 2.54. The maximum Gasteiger partial charge on any atom is 0.410 e. The standard InChI is InChI=1S/C15H25NO4/c1-14(2,3)20-13(19)16-9-5-4-6-11(16)15(7-8-15)10-12(17)18/h11H,4-10H2,1-3H3,(H,17,18). The Hall–Kier alpha value is -1.26. The minimum absolute atomic E-state index is 0.0298. The van der Waals surface area contributed by atoms with E-state index in [2.05, 4.69) is 0 Å². The van der Waals surface area contributed by atoms with E-state index in [1.807, 2.05) is 20.8 Å². The summed E-state index contributed by atoms with van der Waals surface area (Å²) in [4.78, 5) is 25.2. The molecule has 0 aromatic heterocycles. The SMILES string of the molecule is CC(C)(C)OC(=O)N1CCCCC1C1(CC(=O)O)CC1. The van der Waals surface area contributed by atoms with E-state index in [0.717, 1.165) is 32.1 Å². The van der Waals surface area contributed by atoms with Crippen LogP contribution in [-0.4, -0.2) is 40.3 Å². The number of hydrogen-bond donors (Lipinski definition) is 1. The lowest BCUT2D eigenvalue weighted by atomic mass is 9.85. The van der Waals surface area contributed by atoms with Gasteiger partial charge < -0.3 is 14.7 Å². The summed E-state index contributed by atoms with van der Waals surface area (Å²) in [5, 5.41) is 9.10. The van der Waals surface area contributed by atoms with Gasteiger partial charge in [-0.25, -0.2) is 4.79 Å². The van der Waals surface area contributed by atoms with Crippen LogP contribution in [0.25, 0.3) is 0 Å². The molecule has 0 aromatic carbocycles. The zero-order valence-corrected chi connectivity index (χ0v) is 12.6. The first-order valence-corrected chi connectivity index (χ1v) is 7.45. The maximum atomic E-state index is 12.3. The maximum absolute atomic E-state index is 12.3. The van der Waals surface area contributed by atoms with Crippen LogP contribution in [0, 0.1) is 5.41 Å². The van der Waals surface area contributed by atoms with Crippen molar-refractivity contribution in [2.24, 2.45) is 5.41 Å². The number of carboxylic acid groups (broad SMARTS) is 1. The molecule has 20 heavy (non-hydrogen) atoms. The van der Waals surface area contributed by atoms with E-state index in [9.17, 15) is 9.59 Å². The van der Waals surface area contributed by atoms with Crippen molar-refractivity contribution in [3.63, 3.8) is 0 Å². The number of hydrogen-bond acceptors (Lipinski definition) is 3. The number of nitrogens with zero attached hydrogens (tertiary/aromatic N) is 1. The van der Waals surface area contributed by atoms with Gasteiger partial charge in [-0.3, -0.25) is 4.79 Å². The zero-order valence-electron chi connectivity index (χ0n) is 12.6. The third kappa shape index (κ3) is 3.44. The number of amides is 1. The van der Waals surface area contributed by atoms with Gasteiger partial charge >= 0.3 is 12.1 Å². The third-order valence-electron chi connectivity index (χ3n) is 4.23. The van der Waals surface area contributed by atoms with Gasteiger partial charge in [0.05, 0.1) is 6.42 Å². The second-order valence-corrected chi connectivity index (χ2v) is 7.12. The molecule has 2 aliphatic rings. The Morgan fingerprint density at radius 3 is 2.45 bits per heavy atom. The van der Waals surface area contributed by atoms with Gasteiger partial charge in [0, 0.05) is 18.0 Å². The van der Waals surface area contributed by atoms with Gasteiger partial charge in [-0.15, -0.1) is 0 Å². The Morgan fingerprint density at radius 1 is 1.30 bits per heavy atom. The van der Waals surface area contributed by atoms with Crippen LogP contribution < -0.4 is 0 Å². The van der Waals surface area contributed by atoms with Gasteiger partial charge in [-0.1, -0.05) is 0 Å². The molecule has 5 nitrogen and oxygen atoms in total. The predicted octanol–water partition coefficient (Wildman–Crippen LogP) is 3.03. The van der Waals surface area contributed by atoms with Crippen LogP contribution in [-0.2, 0) is 9.53 Å². The molecule has 1 aliphatic carbocycles. The van der Waals surface area contributed by atoms with E-state index in [4.69, 9.17) is 9.84 Å². The molecule has 114 valence electrons. The molecule has 0 radical (unpaired) electrons. The molecule has 0 spiro atoms. The first-order chi connectivity index (χ1) is 9.23. The number of carbonyl (C=O) groups is 2. The van der Waals surface area contributed by atoms with E-state index in [0.29, 0.717) is 6.54 Å². The average molecular weight is 283 g/mol. The molecule has 2 fully saturated rings. The second kappa shape index (κ2) is 5.26. The van der Waals surface area contributed by atoms with Gasteiger partial charge in [-0.05, 0) is 52.9 Å². The lowest BCUT2D eigenvalue weighted by Crippen LogP contribution is -2.50. The molecule has 1 N–H and O–H groups in total. The van der Waals surface area contributed by atoms with Crippen molar-refractivity contribution in [3.8, 4) is 0 Å². The Kier molecular flexibility index (Phi) is 3.98. The monoisotopic (exact) mass is 283 g/mol. The number of rotatable bonds is 3. The number of ether oxygens (including phenoxy) is 1. The van der Waals surface area contributed by atoms with E-state index < -0.39 is 11.6 Å². The Morgan fingerprint density at radius 2 is 1.95 bits per heavy atom. The molecule has 1 aliphatic heterocycles. The second-order valence-electron chi connectivity index (χ2n) is 7.12. The number of aliphatic carboxylic acids is 1. The van der Waals surface area contributed by atoms with Crippen molar-refractivity contribution in [2.45, 2.75) is 70.9 Å². The van der Waals surface area contributed by atoms with Crippen LogP contribution in [0.2, 0.25) is 0 Å². The fraction of sp³-hybridized carbons (Fsp3) is 0.867. The Balaban J connectivity index is 2.09. The molecular weight excluding hydrogens is 258 g/mol. The van der Waals surface area contributed by atoms with Crippen molar-refractivity contribution < 1.29 is 19.4 Å². The number of carboxylic acids is 1. The molecular formula is C15H25NO4. The molecule has 1 heterocycles. The summed E-state index contributed by atoms with van der Waals surface area (Å²) in [7, 11) is 0. The third-order valence-corrected chi connectivity index (χ3v) is 4.23. The molecule has 0 bridgehead atoms. The predicted molar refractivity (Wildman–Crippen MR) is 74.5 cm³/mol. The van der Waals surface area contributed by atoms with Crippen LogP contribution in [0.3, 0.4) is 0 Å². The molecule has 2 rings (SSSR count). The Labute approximate surface area is 120 Å². The van der Waals surface area contributed by atoms with Gasteiger partial charge in [-0.2, -0.15) is 0 Å². The summed E-state index contributed by atoms with van der Waals surface area (Å²) in [6.45, 7) is 6.25. The van der Waals surface area contributed by atoms with E-state index in [-0.39, 0.29) is 24.0 Å². The van der Waals surface area contributed by atoms with Crippen molar-refractivity contribution in [3.05, 3.63) is 0 Å². The fourth-order valence-electron chi connectivity index (χ4n) is 3.20. The first-order valence-electron chi connectivity index (χ1n) is 7.45. The highest BCUT2D eigenvalue weighted by atomic mass is 16.6. The van der Waals surface area contributed by atoms with Gasteiger partial charge in [0.25, 0.3) is 0 Å². The molecule has 5 heteroatoms. The van der Waals surface area contributed by atoms with Crippen LogP contribution in [0.1, 0.15) is 59.3 Å². The molecule has 0 aromatic rings. The normalized spacial score (nSPS) is 25.1. The summed E-state index contributed by atoms with van der Waals surface area (Å²) >= 11 is 0. The van der Waals surface area contributed by atoms with Crippen LogP contribution in [0.15, 0.2) is 0 Å². The number of piperidine rings is 1. The van der Waals surface area contributed by atoms with Crippen molar-refractivity contribution in [1.82, 2.24) is 4.90 Å². The fourth-order valence-corrected chi connectivity index (χ4v) is 3.20. The highest BCUT2D eigenvalue weighted by Crippen LogP contribution is 2.55. The smallest absolute Gasteiger partial charge is 0.410 e. The summed E-state index contributed by atoms with van der Waals surface area (Å²) in [5.74, 6) is -0.766. The summed E-state index contributed by atoms with van der Waals surface area (Å²) in [5.41, 5.74) is -0.717. The minimum Gasteiger partial charge on any atom is -0.481 e. The number of carbonyl (C=O) groups excluding carboxylic acids is 1. The van der Waals surface area contributed by atoms with E-state index in [1.54, 1.807) is 4.90 Å². The summed E-state index contributed by atoms with van der Waals surface area (Å²) in [6.07, 6.45) is 4.61. The van der Waals surface area contributed by atoms with Crippen molar-refractivity contribution in [2.75, 3.05) is 6.54 Å². The number of likely N-dealkylation sites (tertiary alicyclic amines) is 1. The molecule has 1 saturated heterocycles. The van der Waals surface area contributed by atoms with Crippen LogP contribution in [0.5, 0.6) is 0 Å². The van der Waals surface area contributed by atoms with E-state index in [1.165, 1.54) is 0 Å². The molecule has 1 saturated carbocycles. The van der Waals surface area contributed by atoms with Crippen molar-refractivity contribution >= 4 is 12.1 Å². The molecule has 1 atom stereocenters. The average Bonchev–Trinajstić information content (AvgIpc) is 3.07. The minimum atomic E-state index is -0.766. The topological polar surface area (TPSA) is 66.8 Å². The lowest BCUT2D eigenvalue weighted by molar-refractivity contribution is -0.139. The van der Waals surface area contributed by atoms with Crippen molar-refractivity contribution in [1.29, 1.82) is 0 Å².